The fraction of sp³-hybridized carbons (Fsp3) is 0.500. The third-order valence-electron chi connectivity index (χ3n) is 3.70. The van der Waals surface area contributed by atoms with Gasteiger partial charge in [-0.25, -0.2) is 5.84 Å². The Hall–Kier alpha value is -1.55. The third-order valence-corrected chi connectivity index (χ3v) is 3.70. The number of nitrogens with zero attached hydrogens (tertiary/aromatic N) is 1. The lowest BCUT2D eigenvalue weighted by atomic mass is 9.91. The number of hydrazine groups is 1. The molecular weight excluding hydrogens is 228 g/mol. The molecule has 1 aromatic rings. The summed E-state index contributed by atoms with van der Waals surface area (Å²) in [6.45, 7) is 4.00. The molecule has 18 heavy (non-hydrogen) atoms. The maximum atomic E-state index is 12.2. The van der Waals surface area contributed by atoms with Crippen LogP contribution >= 0.6 is 0 Å². The number of nitrogens with two attached hydrogens (primary N) is 1. The average molecular weight is 248 g/mol. The molecular formula is C14H20N2O2. The molecule has 4 nitrogen and oxygen atoms in total. The van der Waals surface area contributed by atoms with Crippen molar-refractivity contribution in [1.82, 2.24) is 5.01 Å². The van der Waals surface area contributed by atoms with Crippen LogP contribution in [0.1, 0.15) is 29.5 Å². The molecule has 0 bridgehead atoms. The Balaban J connectivity index is 2.44. The first-order valence-corrected chi connectivity index (χ1v) is 6.11. The molecule has 0 atom stereocenters. The molecule has 0 unspecified atom stereocenters. The summed E-state index contributed by atoms with van der Waals surface area (Å²) in [6, 6.07) is 4.08. The number of hydrogen-bond acceptors (Lipinski definition) is 3. The highest BCUT2D eigenvalue weighted by Crippen LogP contribution is 2.50. The van der Waals surface area contributed by atoms with Crippen LogP contribution in [0.15, 0.2) is 12.1 Å². The Morgan fingerprint density at radius 1 is 1.33 bits per heavy atom. The number of likely N-dealkylation sites (N-methyl/N-ethyl adjacent to an activating group) is 1. The predicted molar refractivity (Wildman–Crippen MR) is 70.3 cm³/mol. The lowest BCUT2D eigenvalue weighted by Gasteiger charge is -2.21. The zero-order valence-electron chi connectivity index (χ0n) is 11.4. The van der Waals surface area contributed by atoms with E-state index in [1.165, 1.54) is 5.01 Å². The van der Waals surface area contributed by atoms with E-state index in [-0.39, 0.29) is 5.91 Å². The van der Waals surface area contributed by atoms with Gasteiger partial charge in [0.25, 0.3) is 0 Å². The van der Waals surface area contributed by atoms with Crippen molar-refractivity contribution in [3.05, 3.63) is 28.8 Å². The van der Waals surface area contributed by atoms with Gasteiger partial charge in [0.15, 0.2) is 0 Å². The normalized spacial score (nSPS) is 16.3. The van der Waals surface area contributed by atoms with Crippen LogP contribution in [-0.2, 0) is 10.2 Å². The molecule has 1 fully saturated rings. The van der Waals surface area contributed by atoms with Crippen LogP contribution in [-0.4, -0.2) is 25.1 Å². The number of carbonyl (C=O) groups excluding carboxylic acids is 1. The highest BCUT2D eigenvalue weighted by molar-refractivity contribution is 5.91. The fourth-order valence-corrected chi connectivity index (χ4v) is 2.64. The van der Waals surface area contributed by atoms with Crippen molar-refractivity contribution in [3.8, 4) is 5.75 Å². The van der Waals surface area contributed by atoms with Crippen molar-refractivity contribution in [2.24, 2.45) is 5.84 Å². The third kappa shape index (κ3) is 1.86. The van der Waals surface area contributed by atoms with Crippen molar-refractivity contribution < 1.29 is 9.53 Å². The minimum Gasteiger partial charge on any atom is -0.496 e. The number of methoxy groups -OCH3 is 1. The molecule has 0 aromatic heterocycles. The van der Waals surface area contributed by atoms with Crippen LogP contribution < -0.4 is 10.6 Å². The number of carbonyl (C=O) groups is 1. The van der Waals surface area contributed by atoms with E-state index in [9.17, 15) is 4.79 Å². The van der Waals surface area contributed by atoms with E-state index in [2.05, 4.69) is 0 Å². The smallest absolute Gasteiger partial charge is 0.246 e. The summed E-state index contributed by atoms with van der Waals surface area (Å²) >= 11 is 0. The van der Waals surface area contributed by atoms with Crippen molar-refractivity contribution in [1.29, 1.82) is 0 Å². The van der Waals surface area contributed by atoms with Crippen LogP contribution in [0.25, 0.3) is 0 Å². The monoisotopic (exact) mass is 248 g/mol. The number of hydrogen-bond donors (Lipinski definition) is 1. The number of benzene rings is 1. The Morgan fingerprint density at radius 3 is 2.17 bits per heavy atom. The van der Waals surface area contributed by atoms with Crippen LogP contribution in [0.4, 0.5) is 0 Å². The van der Waals surface area contributed by atoms with Gasteiger partial charge in [0.05, 0.1) is 12.5 Å². The van der Waals surface area contributed by atoms with Crippen molar-refractivity contribution in [2.45, 2.75) is 32.1 Å². The molecule has 98 valence electrons. The molecule has 1 aromatic carbocycles. The Kier molecular flexibility index (Phi) is 3.07. The molecule has 2 rings (SSSR count). The second kappa shape index (κ2) is 4.28. The van der Waals surface area contributed by atoms with E-state index in [1.807, 2.05) is 26.0 Å². The molecule has 1 saturated carbocycles. The summed E-state index contributed by atoms with van der Waals surface area (Å²) in [5.41, 5.74) is 2.78. The van der Waals surface area contributed by atoms with E-state index in [0.717, 1.165) is 35.3 Å². The minimum absolute atomic E-state index is 0.00790. The quantitative estimate of drug-likeness (QED) is 0.503. The van der Waals surface area contributed by atoms with E-state index in [4.69, 9.17) is 10.6 Å². The second-order valence-electron chi connectivity index (χ2n) is 5.14. The minimum atomic E-state index is -0.398. The lowest BCUT2D eigenvalue weighted by Crippen LogP contribution is -2.41. The molecule has 0 saturated heterocycles. The molecule has 1 aliphatic rings. The molecule has 0 aliphatic heterocycles. The first-order chi connectivity index (χ1) is 8.42. The van der Waals surface area contributed by atoms with E-state index >= 15 is 0 Å². The molecule has 1 amide bonds. The molecule has 0 radical (unpaired) electrons. The van der Waals surface area contributed by atoms with Crippen LogP contribution in [0.5, 0.6) is 5.75 Å². The first kappa shape index (κ1) is 12.9. The van der Waals surface area contributed by atoms with Gasteiger partial charge in [-0.05, 0) is 43.4 Å². The highest BCUT2D eigenvalue weighted by atomic mass is 16.5. The van der Waals surface area contributed by atoms with Gasteiger partial charge < -0.3 is 4.74 Å². The molecule has 0 spiro atoms. The molecule has 1 aliphatic carbocycles. The lowest BCUT2D eigenvalue weighted by molar-refractivity contribution is -0.132. The zero-order chi connectivity index (χ0) is 13.5. The maximum Gasteiger partial charge on any atom is 0.246 e. The Morgan fingerprint density at radius 2 is 1.83 bits per heavy atom. The highest BCUT2D eigenvalue weighted by Gasteiger charge is 2.52. The van der Waals surface area contributed by atoms with Gasteiger partial charge in [0, 0.05) is 7.05 Å². The largest absolute Gasteiger partial charge is 0.496 e. The SMILES string of the molecule is COc1c(C)cc(C2(C(=O)N(C)N)CC2)cc1C. The van der Waals surface area contributed by atoms with Gasteiger partial charge in [-0.3, -0.25) is 9.80 Å². The van der Waals surface area contributed by atoms with Crippen LogP contribution in [0.3, 0.4) is 0 Å². The molecule has 0 heterocycles. The van der Waals surface area contributed by atoms with E-state index in [1.54, 1.807) is 14.2 Å². The predicted octanol–water partition coefficient (Wildman–Crippen LogP) is 1.68. The van der Waals surface area contributed by atoms with Crippen molar-refractivity contribution >= 4 is 5.91 Å². The summed E-state index contributed by atoms with van der Waals surface area (Å²) in [6.07, 6.45) is 1.75. The zero-order valence-corrected chi connectivity index (χ0v) is 11.4. The number of amides is 1. The summed E-state index contributed by atoms with van der Waals surface area (Å²) in [7, 11) is 3.27. The van der Waals surface area contributed by atoms with Gasteiger partial charge in [-0.2, -0.15) is 0 Å². The first-order valence-electron chi connectivity index (χ1n) is 6.11. The van der Waals surface area contributed by atoms with Gasteiger partial charge in [0.2, 0.25) is 5.91 Å². The number of aryl methyl sites for hydroxylation is 2. The average Bonchev–Trinajstić information content (AvgIpc) is 3.08. The Labute approximate surface area is 108 Å². The van der Waals surface area contributed by atoms with Gasteiger partial charge in [-0.1, -0.05) is 12.1 Å². The number of ether oxygens (including phenoxy) is 1. The van der Waals surface area contributed by atoms with Crippen molar-refractivity contribution in [2.75, 3.05) is 14.2 Å². The summed E-state index contributed by atoms with van der Waals surface area (Å²) in [5, 5.41) is 1.20. The summed E-state index contributed by atoms with van der Waals surface area (Å²) in [5.74, 6) is 6.47. The van der Waals surface area contributed by atoms with Crippen molar-refractivity contribution in [3.63, 3.8) is 0 Å². The molecule has 4 heteroatoms. The Bertz CT molecular complexity index is 468. The topological polar surface area (TPSA) is 55.6 Å². The van der Waals surface area contributed by atoms with Gasteiger partial charge in [-0.15, -0.1) is 0 Å². The fourth-order valence-electron chi connectivity index (χ4n) is 2.64. The second-order valence-corrected chi connectivity index (χ2v) is 5.14. The number of rotatable bonds is 3. The van der Waals surface area contributed by atoms with Gasteiger partial charge in [0.1, 0.15) is 5.75 Å². The van der Waals surface area contributed by atoms with E-state index in [0.29, 0.717) is 0 Å². The van der Waals surface area contributed by atoms with Gasteiger partial charge >= 0.3 is 0 Å². The van der Waals surface area contributed by atoms with E-state index < -0.39 is 5.41 Å². The van der Waals surface area contributed by atoms with Crippen LogP contribution in [0, 0.1) is 13.8 Å². The summed E-state index contributed by atoms with van der Waals surface area (Å²) in [4.78, 5) is 12.2. The summed E-state index contributed by atoms with van der Waals surface area (Å²) < 4.78 is 5.35. The standard InChI is InChI=1S/C14H20N2O2/c1-9-7-11(8-10(2)12(9)18-4)14(5-6-14)13(17)16(3)15/h7-8H,5-6,15H2,1-4H3. The maximum absolute atomic E-state index is 12.2. The molecule has 2 N–H and O–H groups in total. The van der Waals surface area contributed by atoms with Crippen LogP contribution in [0.2, 0.25) is 0 Å².